The van der Waals surface area contributed by atoms with Crippen LogP contribution in [0.1, 0.15) is 33.4 Å². The number of nitrogens with two attached hydrogens (primary N) is 1. The first-order valence-corrected chi connectivity index (χ1v) is 9.23. The molecule has 0 unspecified atom stereocenters. The van der Waals surface area contributed by atoms with Gasteiger partial charge in [-0.2, -0.15) is 10.4 Å². The summed E-state index contributed by atoms with van der Waals surface area (Å²) in [4.78, 5) is 16.2. The Morgan fingerprint density at radius 3 is 2.79 bits per heavy atom. The van der Waals surface area contributed by atoms with Crippen molar-refractivity contribution in [3.63, 3.8) is 0 Å². The summed E-state index contributed by atoms with van der Waals surface area (Å²) in [6.45, 7) is 7.18. The lowest BCUT2D eigenvalue weighted by atomic mass is 9.82. The van der Waals surface area contributed by atoms with E-state index in [1.54, 1.807) is 13.0 Å². The Kier molecular flexibility index (Phi) is 5.25. The number of esters is 1. The maximum Gasteiger partial charge on any atom is 0.309 e. The van der Waals surface area contributed by atoms with Crippen LogP contribution in [0.15, 0.2) is 18.5 Å². The zero-order chi connectivity index (χ0) is 21.6. The molecule has 4 N–H and O–H groups in total. The van der Waals surface area contributed by atoms with Crippen molar-refractivity contribution >= 4 is 17.3 Å². The van der Waals surface area contributed by atoms with Gasteiger partial charge in [-0.25, -0.2) is 9.50 Å². The van der Waals surface area contributed by atoms with Crippen molar-refractivity contribution < 1.29 is 24.5 Å². The highest BCUT2D eigenvalue weighted by atomic mass is 16.6. The van der Waals surface area contributed by atoms with Gasteiger partial charge < -0.3 is 25.4 Å². The minimum atomic E-state index is -1.92. The molecule has 0 bridgehead atoms. The Morgan fingerprint density at radius 2 is 2.17 bits per heavy atom. The summed E-state index contributed by atoms with van der Waals surface area (Å²) in [6.07, 6.45) is -2.92. The topological polar surface area (TPSA) is 156 Å². The van der Waals surface area contributed by atoms with Gasteiger partial charge in [-0.15, -0.1) is 0 Å². The quantitative estimate of drug-likeness (QED) is 0.614. The molecule has 2 aromatic heterocycles. The summed E-state index contributed by atoms with van der Waals surface area (Å²) in [5.41, 5.74) is 4.22. The zero-order valence-corrected chi connectivity index (χ0v) is 16.7. The maximum atomic E-state index is 12.3. The summed E-state index contributed by atoms with van der Waals surface area (Å²) >= 11 is 0. The molecule has 3 rings (SSSR count). The van der Waals surface area contributed by atoms with Crippen LogP contribution in [-0.2, 0) is 19.9 Å². The molecule has 1 saturated heterocycles. The summed E-state index contributed by atoms with van der Waals surface area (Å²) < 4.78 is 12.4. The number of nitrogens with zero attached hydrogens (tertiary/aromatic N) is 4. The van der Waals surface area contributed by atoms with Gasteiger partial charge in [-0.3, -0.25) is 4.79 Å². The highest BCUT2D eigenvalue weighted by molar-refractivity contribution is 5.72. The Bertz CT molecular complexity index is 962. The van der Waals surface area contributed by atoms with Gasteiger partial charge >= 0.3 is 5.97 Å². The van der Waals surface area contributed by atoms with Crippen molar-refractivity contribution in [2.24, 2.45) is 11.3 Å². The standard InChI is InChI=1S/C19H25N5O5/c1-10(18(2,3)4)17(27)28-7-12-14(25)15(26)19(8-20,29-12)13-6-5-11-16(21)22-9-23-24(11)13/h5-6,9-10,12,14-15,25-26H,7H2,1-4H3,(H2,21,22,23)/t10-,12+,14+,15+,19-/m0/s1. The molecule has 156 valence electrons. The van der Waals surface area contributed by atoms with Gasteiger partial charge in [0.15, 0.2) is 5.82 Å². The Hall–Kier alpha value is -2.74. The largest absolute Gasteiger partial charge is 0.463 e. The predicted octanol–water partition coefficient (Wildman–Crippen LogP) is 0.376. The lowest BCUT2D eigenvalue weighted by Gasteiger charge is -2.26. The lowest BCUT2D eigenvalue weighted by Crippen LogP contribution is -2.41. The molecule has 0 radical (unpaired) electrons. The molecule has 0 saturated carbocycles. The second-order valence-electron chi connectivity index (χ2n) is 8.32. The summed E-state index contributed by atoms with van der Waals surface area (Å²) in [7, 11) is 0. The normalized spacial score (nSPS) is 28.2. The lowest BCUT2D eigenvalue weighted by molar-refractivity contribution is -0.158. The molecule has 1 aliphatic rings. The number of fused-ring (bicyclic) bond motifs is 1. The predicted molar refractivity (Wildman–Crippen MR) is 101 cm³/mol. The molecule has 10 nitrogen and oxygen atoms in total. The fraction of sp³-hybridized carbons (Fsp3) is 0.579. The van der Waals surface area contributed by atoms with Crippen molar-refractivity contribution in [1.29, 1.82) is 5.26 Å². The average Bonchev–Trinajstić information content (AvgIpc) is 3.21. The molecule has 29 heavy (non-hydrogen) atoms. The first-order valence-electron chi connectivity index (χ1n) is 9.23. The molecule has 0 aromatic carbocycles. The van der Waals surface area contributed by atoms with Crippen LogP contribution in [0.2, 0.25) is 0 Å². The molecule has 2 aromatic rings. The van der Waals surface area contributed by atoms with Gasteiger partial charge in [0.25, 0.3) is 0 Å². The van der Waals surface area contributed by atoms with E-state index in [0.29, 0.717) is 5.52 Å². The Balaban J connectivity index is 1.86. The highest BCUT2D eigenvalue weighted by Crippen LogP contribution is 2.40. The number of aliphatic hydroxyl groups excluding tert-OH is 2. The smallest absolute Gasteiger partial charge is 0.309 e. The Morgan fingerprint density at radius 1 is 1.48 bits per heavy atom. The molecule has 3 heterocycles. The van der Waals surface area contributed by atoms with Gasteiger partial charge in [-0.05, 0) is 17.5 Å². The maximum absolute atomic E-state index is 12.3. The van der Waals surface area contributed by atoms with Gasteiger partial charge in [0.1, 0.15) is 42.8 Å². The van der Waals surface area contributed by atoms with Crippen LogP contribution in [-0.4, -0.2) is 55.7 Å². The molecule has 0 aliphatic carbocycles. The number of ether oxygens (including phenoxy) is 2. The van der Waals surface area contributed by atoms with Crippen LogP contribution in [0, 0.1) is 22.7 Å². The zero-order valence-electron chi connectivity index (χ0n) is 16.7. The van der Waals surface area contributed by atoms with Crippen molar-refractivity contribution in [1.82, 2.24) is 14.6 Å². The van der Waals surface area contributed by atoms with Crippen LogP contribution in [0.5, 0.6) is 0 Å². The van der Waals surface area contributed by atoms with E-state index < -0.39 is 29.9 Å². The number of hydrogen-bond acceptors (Lipinski definition) is 9. The molecule has 1 fully saturated rings. The molecule has 1 aliphatic heterocycles. The second kappa shape index (κ2) is 7.26. The molecule has 0 amide bonds. The SMILES string of the molecule is C[C@@H](C(=O)OC[C@H]1O[C@@](C#N)(c2ccc3c(N)ncnn23)[C@H](O)[C@@H]1O)C(C)(C)C. The van der Waals surface area contributed by atoms with E-state index in [1.165, 1.54) is 16.9 Å². The number of aromatic nitrogens is 3. The molecule has 10 heteroatoms. The van der Waals surface area contributed by atoms with Crippen LogP contribution in [0.25, 0.3) is 5.52 Å². The van der Waals surface area contributed by atoms with Gasteiger partial charge in [0.2, 0.25) is 5.60 Å². The third kappa shape index (κ3) is 3.42. The summed E-state index contributed by atoms with van der Waals surface area (Å²) in [5, 5.41) is 35.1. The third-order valence-electron chi connectivity index (χ3n) is 5.53. The van der Waals surface area contributed by atoms with E-state index in [-0.39, 0.29) is 29.5 Å². The van der Waals surface area contributed by atoms with Gasteiger partial charge in [-0.1, -0.05) is 27.7 Å². The van der Waals surface area contributed by atoms with E-state index in [9.17, 15) is 20.3 Å². The van der Waals surface area contributed by atoms with E-state index >= 15 is 0 Å². The Labute approximate surface area is 167 Å². The molecule has 5 atom stereocenters. The third-order valence-corrected chi connectivity index (χ3v) is 5.53. The number of carbonyl (C=O) groups is 1. The highest BCUT2D eigenvalue weighted by Gasteiger charge is 2.57. The van der Waals surface area contributed by atoms with Crippen molar-refractivity contribution in [3.8, 4) is 6.07 Å². The molecule has 0 spiro atoms. The molecular weight excluding hydrogens is 378 g/mol. The van der Waals surface area contributed by atoms with Crippen LogP contribution in [0.3, 0.4) is 0 Å². The van der Waals surface area contributed by atoms with E-state index in [2.05, 4.69) is 10.1 Å². The number of nitriles is 1. The number of anilines is 1. The minimum absolute atomic E-state index is 0.188. The van der Waals surface area contributed by atoms with Crippen molar-refractivity contribution in [3.05, 3.63) is 24.2 Å². The minimum Gasteiger partial charge on any atom is -0.463 e. The van der Waals surface area contributed by atoms with Gasteiger partial charge in [0, 0.05) is 0 Å². The van der Waals surface area contributed by atoms with Crippen LogP contribution >= 0.6 is 0 Å². The fourth-order valence-electron chi connectivity index (χ4n) is 3.19. The number of carbonyl (C=O) groups excluding carboxylic acids is 1. The second-order valence-corrected chi connectivity index (χ2v) is 8.32. The summed E-state index contributed by atoms with van der Waals surface area (Å²) in [6, 6.07) is 5.05. The number of rotatable bonds is 4. The van der Waals surface area contributed by atoms with Crippen molar-refractivity contribution in [2.45, 2.75) is 51.6 Å². The average molecular weight is 403 g/mol. The monoisotopic (exact) mass is 403 g/mol. The fourth-order valence-corrected chi connectivity index (χ4v) is 3.19. The van der Waals surface area contributed by atoms with Crippen LogP contribution in [0.4, 0.5) is 5.82 Å². The van der Waals surface area contributed by atoms with E-state index in [0.717, 1.165) is 0 Å². The van der Waals surface area contributed by atoms with Gasteiger partial charge in [0.05, 0.1) is 11.6 Å². The van der Waals surface area contributed by atoms with E-state index in [1.807, 2.05) is 26.8 Å². The van der Waals surface area contributed by atoms with Crippen LogP contribution < -0.4 is 5.73 Å². The first-order chi connectivity index (χ1) is 13.5. The summed E-state index contributed by atoms with van der Waals surface area (Å²) in [5.74, 6) is -0.652. The van der Waals surface area contributed by atoms with Crippen molar-refractivity contribution in [2.75, 3.05) is 12.3 Å². The number of aliphatic hydroxyl groups is 2. The molecular formula is C19H25N5O5. The first kappa shape index (κ1) is 21.0. The number of nitrogen functional groups attached to an aromatic ring is 1. The number of hydrogen-bond donors (Lipinski definition) is 3. The van der Waals surface area contributed by atoms with E-state index in [4.69, 9.17) is 15.2 Å².